The molecule has 0 aliphatic carbocycles. The van der Waals surface area contributed by atoms with E-state index in [1.807, 2.05) is 70.2 Å². The Hall–Kier alpha value is -2.08. The second-order valence-electron chi connectivity index (χ2n) is 8.58. The second-order valence-corrected chi connectivity index (χ2v) is 8.99. The highest BCUT2D eigenvalue weighted by molar-refractivity contribution is 6.31. The minimum absolute atomic E-state index is 0.0239. The summed E-state index contributed by atoms with van der Waals surface area (Å²) < 4.78 is 17.3. The summed E-state index contributed by atoms with van der Waals surface area (Å²) in [7, 11) is 0. The maximum Gasteiger partial charge on any atom is 0.307 e. The van der Waals surface area contributed by atoms with E-state index in [1.165, 1.54) is 0 Å². The van der Waals surface area contributed by atoms with Gasteiger partial charge in [0.15, 0.2) is 0 Å². The molecular weight excluding hydrogens is 402 g/mol. The zero-order valence-electron chi connectivity index (χ0n) is 18.1. The van der Waals surface area contributed by atoms with Crippen molar-refractivity contribution in [3.8, 4) is 11.5 Å². The first-order valence-corrected chi connectivity index (χ1v) is 10.7. The molecule has 30 heavy (non-hydrogen) atoms. The first kappa shape index (κ1) is 22.6. The molecule has 1 aliphatic heterocycles. The molecule has 2 aromatic rings. The van der Waals surface area contributed by atoms with Crippen LogP contribution in [-0.2, 0) is 14.3 Å². The van der Waals surface area contributed by atoms with Gasteiger partial charge in [-0.1, -0.05) is 23.7 Å². The standard InChI is InChI=1S/C24H30ClNO4/c1-17-15-20(9-10-21(17)25)29-19-7-5-18(6-8-19)22-16-26(13-14-28-22)12-11-23(27)30-24(2,3)4/h5-10,15,22H,11-14,16H2,1-4H3. The van der Waals surface area contributed by atoms with Gasteiger partial charge in [-0.15, -0.1) is 0 Å². The Balaban J connectivity index is 1.54. The van der Waals surface area contributed by atoms with Crippen molar-refractivity contribution in [3.05, 3.63) is 58.6 Å². The zero-order valence-corrected chi connectivity index (χ0v) is 18.9. The van der Waals surface area contributed by atoms with Gasteiger partial charge in [0.1, 0.15) is 17.1 Å². The van der Waals surface area contributed by atoms with Crippen molar-refractivity contribution >= 4 is 17.6 Å². The third kappa shape index (κ3) is 6.73. The van der Waals surface area contributed by atoms with Gasteiger partial charge in [-0.2, -0.15) is 0 Å². The second kappa shape index (κ2) is 9.82. The molecule has 162 valence electrons. The SMILES string of the molecule is Cc1cc(Oc2ccc(C3CN(CCC(=O)OC(C)(C)C)CCO3)cc2)ccc1Cl. The van der Waals surface area contributed by atoms with E-state index in [4.69, 9.17) is 25.8 Å². The van der Waals surface area contributed by atoms with Gasteiger partial charge in [-0.25, -0.2) is 0 Å². The van der Waals surface area contributed by atoms with Crippen LogP contribution in [0, 0.1) is 6.92 Å². The Morgan fingerprint density at radius 1 is 1.17 bits per heavy atom. The number of hydrogen-bond acceptors (Lipinski definition) is 5. The van der Waals surface area contributed by atoms with Gasteiger partial charge in [-0.3, -0.25) is 9.69 Å². The van der Waals surface area contributed by atoms with Crippen LogP contribution in [-0.4, -0.2) is 42.7 Å². The summed E-state index contributed by atoms with van der Waals surface area (Å²) in [6, 6.07) is 13.6. The molecule has 0 N–H and O–H groups in total. The Labute approximate surface area is 183 Å². The Morgan fingerprint density at radius 3 is 2.53 bits per heavy atom. The topological polar surface area (TPSA) is 48.0 Å². The van der Waals surface area contributed by atoms with E-state index in [9.17, 15) is 4.79 Å². The number of carbonyl (C=O) groups excluding carboxylic acids is 1. The molecule has 2 aromatic carbocycles. The fourth-order valence-electron chi connectivity index (χ4n) is 3.32. The largest absolute Gasteiger partial charge is 0.460 e. The van der Waals surface area contributed by atoms with Crippen molar-refractivity contribution in [2.45, 2.75) is 45.8 Å². The number of carbonyl (C=O) groups is 1. The first-order chi connectivity index (χ1) is 14.2. The maximum atomic E-state index is 12.0. The molecule has 1 fully saturated rings. The van der Waals surface area contributed by atoms with Crippen molar-refractivity contribution in [1.29, 1.82) is 0 Å². The molecule has 1 atom stereocenters. The smallest absolute Gasteiger partial charge is 0.307 e. The number of halogens is 1. The lowest BCUT2D eigenvalue weighted by atomic mass is 10.1. The lowest BCUT2D eigenvalue weighted by Gasteiger charge is -2.33. The molecule has 6 heteroatoms. The average Bonchev–Trinajstić information content (AvgIpc) is 2.69. The van der Waals surface area contributed by atoms with Crippen LogP contribution >= 0.6 is 11.6 Å². The van der Waals surface area contributed by atoms with E-state index in [-0.39, 0.29) is 12.1 Å². The number of nitrogens with zero attached hydrogens (tertiary/aromatic N) is 1. The van der Waals surface area contributed by atoms with E-state index >= 15 is 0 Å². The van der Waals surface area contributed by atoms with Gasteiger partial charge >= 0.3 is 5.97 Å². The quantitative estimate of drug-likeness (QED) is 0.561. The molecule has 1 saturated heterocycles. The van der Waals surface area contributed by atoms with Crippen LogP contribution in [0.1, 0.15) is 44.4 Å². The van der Waals surface area contributed by atoms with E-state index in [0.29, 0.717) is 19.6 Å². The summed E-state index contributed by atoms with van der Waals surface area (Å²) in [6.07, 6.45) is 0.362. The molecule has 1 aliphatic rings. The number of rotatable bonds is 6. The maximum absolute atomic E-state index is 12.0. The van der Waals surface area contributed by atoms with Crippen molar-refractivity contribution < 1.29 is 19.0 Å². The predicted octanol–water partition coefficient (Wildman–Crippen LogP) is 5.55. The Morgan fingerprint density at radius 2 is 1.87 bits per heavy atom. The van der Waals surface area contributed by atoms with Crippen LogP contribution in [0.3, 0.4) is 0 Å². The normalized spacial score (nSPS) is 17.6. The van der Waals surface area contributed by atoms with Crippen molar-refractivity contribution in [3.63, 3.8) is 0 Å². The van der Waals surface area contributed by atoms with Crippen LogP contribution in [0.5, 0.6) is 11.5 Å². The Kier molecular flexibility index (Phi) is 7.40. The molecule has 3 rings (SSSR count). The molecule has 1 unspecified atom stereocenters. The summed E-state index contributed by atoms with van der Waals surface area (Å²) in [4.78, 5) is 14.2. The highest BCUT2D eigenvalue weighted by Gasteiger charge is 2.23. The third-order valence-electron chi connectivity index (χ3n) is 4.82. The van der Waals surface area contributed by atoms with Crippen LogP contribution in [0.2, 0.25) is 5.02 Å². The van der Waals surface area contributed by atoms with Crippen molar-refractivity contribution in [1.82, 2.24) is 4.90 Å². The van der Waals surface area contributed by atoms with Gasteiger partial charge in [-0.05, 0) is 69.2 Å². The molecule has 0 radical (unpaired) electrons. The molecule has 0 saturated carbocycles. The van der Waals surface area contributed by atoms with Crippen molar-refractivity contribution in [2.75, 3.05) is 26.2 Å². The molecule has 0 bridgehead atoms. The lowest BCUT2D eigenvalue weighted by Crippen LogP contribution is -2.39. The number of aryl methyl sites for hydroxylation is 1. The first-order valence-electron chi connectivity index (χ1n) is 10.3. The third-order valence-corrected chi connectivity index (χ3v) is 5.24. The summed E-state index contributed by atoms with van der Waals surface area (Å²) in [5.74, 6) is 1.36. The summed E-state index contributed by atoms with van der Waals surface area (Å²) in [6.45, 7) is 10.5. The van der Waals surface area contributed by atoms with Crippen molar-refractivity contribution in [2.24, 2.45) is 0 Å². The molecule has 0 aromatic heterocycles. The number of esters is 1. The van der Waals surface area contributed by atoms with E-state index < -0.39 is 5.60 Å². The molecule has 0 amide bonds. The minimum atomic E-state index is -0.445. The number of ether oxygens (including phenoxy) is 3. The highest BCUT2D eigenvalue weighted by Crippen LogP contribution is 2.28. The number of hydrogen-bond donors (Lipinski definition) is 0. The van der Waals surface area contributed by atoms with Gasteiger partial charge < -0.3 is 14.2 Å². The monoisotopic (exact) mass is 431 g/mol. The van der Waals surface area contributed by atoms with Gasteiger partial charge in [0, 0.05) is 24.7 Å². The minimum Gasteiger partial charge on any atom is -0.460 e. The van der Waals surface area contributed by atoms with Crippen LogP contribution < -0.4 is 4.74 Å². The molecule has 0 spiro atoms. The summed E-state index contributed by atoms with van der Waals surface area (Å²) in [5, 5.41) is 0.725. The fraction of sp³-hybridized carbons (Fsp3) is 0.458. The van der Waals surface area contributed by atoms with E-state index in [0.717, 1.165) is 40.7 Å². The predicted molar refractivity (Wildman–Crippen MR) is 118 cm³/mol. The van der Waals surface area contributed by atoms with Crippen LogP contribution in [0.15, 0.2) is 42.5 Å². The molecular formula is C24H30ClNO4. The van der Waals surface area contributed by atoms with Crippen LogP contribution in [0.25, 0.3) is 0 Å². The number of benzene rings is 2. The highest BCUT2D eigenvalue weighted by atomic mass is 35.5. The zero-order chi connectivity index (χ0) is 21.7. The van der Waals surface area contributed by atoms with E-state index in [2.05, 4.69) is 4.90 Å². The van der Waals surface area contributed by atoms with Crippen LogP contribution in [0.4, 0.5) is 0 Å². The Bertz CT molecular complexity index is 860. The van der Waals surface area contributed by atoms with Gasteiger partial charge in [0.2, 0.25) is 0 Å². The average molecular weight is 432 g/mol. The van der Waals surface area contributed by atoms with Gasteiger partial charge in [0.05, 0.1) is 19.1 Å². The molecule has 5 nitrogen and oxygen atoms in total. The lowest BCUT2D eigenvalue weighted by molar-refractivity contribution is -0.155. The number of morpholine rings is 1. The summed E-state index contributed by atoms with van der Waals surface area (Å²) in [5.41, 5.74) is 1.63. The van der Waals surface area contributed by atoms with Gasteiger partial charge in [0.25, 0.3) is 0 Å². The fourth-order valence-corrected chi connectivity index (χ4v) is 3.43. The van der Waals surface area contributed by atoms with E-state index in [1.54, 1.807) is 0 Å². The summed E-state index contributed by atoms with van der Waals surface area (Å²) >= 11 is 6.07. The molecule has 1 heterocycles.